The average Bonchev–Trinajstić information content (AvgIpc) is 3.27. The van der Waals surface area contributed by atoms with E-state index in [-0.39, 0.29) is 17.6 Å². The van der Waals surface area contributed by atoms with Gasteiger partial charge in [0.15, 0.2) is 0 Å². The van der Waals surface area contributed by atoms with E-state index in [1.165, 1.54) is 42.5 Å². The molecule has 0 radical (unpaired) electrons. The monoisotopic (exact) mass is 453 g/mol. The molecule has 2 N–H and O–H groups in total. The first-order chi connectivity index (χ1) is 15.4. The van der Waals surface area contributed by atoms with Crippen molar-refractivity contribution >= 4 is 27.3 Å². The Bertz CT molecular complexity index is 1180. The molecule has 0 spiro atoms. The number of halogens is 1. The Morgan fingerprint density at radius 2 is 1.66 bits per heavy atom. The minimum Gasteiger partial charge on any atom is -0.367 e. The van der Waals surface area contributed by atoms with Crippen LogP contribution in [0.5, 0.6) is 0 Å². The highest BCUT2D eigenvalue weighted by Crippen LogP contribution is 2.25. The number of hydrogen-bond acceptors (Lipinski definition) is 4. The molecule has 0 bridgehead atoms. The first-order valence-corrected chi connectivity index (χ1v) is 11.9. The van der Waals surface area contributed by atoms with Gasteiger partial charge in [-0.05, 0) is 61.4 Å². The van der Waals surface area contributed by atoms with Crippen molar-refractivity contribution in [2.45, 2.75) is 23.8 Å². The lowest BCUT2D eigenvalue weighted by Crippen LogP contribution is -2.40. The summed E-state index contributed by atoms with van der Waals surface area (Å²) in [6, 6.07) is 21.6. The maximum atomic E-state index is 13.8. The molecule has 3 aromatic carbocycles. The fraction of sp³-hybridized carbons (Fsp3) is 0.208. The summed E-state index contributed by atoms with van der Waals surface area (Å²) >= 11 is 0. The molecule has 32 heavy (non-hydrogen) atoms. The maximum absolute atomic E-state index is 13.8. The third-order valence-corrected chi connectivity index (χ3v) is 6.90. The van der Waals surface area contributed by atoms with E-state index in [0.717, 1.165) is 31.1 Å². The zero-order valence-electron chi connectivity index (χ0n) is 17.4. The zero-order chi connectivity index (χ0) is 22.6. The van der Waals surface area contributed by atoms with Crippen LogP contribution in [-0.2, 0) is 10.0 Å². The number of nitrogens with one attached hydrogen (secondary N) is 2. The van der Waals surface area contributed by atoms with Gasteiger partial charge in [0.25, 0.3) is 15.9 Å². The molecule has 0 aliphatic carbocycles. The van der Waals surface area contributed by atoms with Gasteiger partial charge < -0.3 is 10.2 Å². The molecule has 1 aliphatic heterocycles. The molecule has 1 atom stereocenters. The number of amides is 1. The lowest BCUT2D eigenvalue weighted by Gasteiger charge is -2.27. The summed E-state index contributed by atoms with van der Waals surface area (Å²) in [6.07, 6.45) is 2.08. The highest BCUT2D eigenvalue weighted by Gasteiger charge is 2.25. The molecule has 0 aromatic heterocycles. The van der Waals surface area contributed by atoms with Crippen LogP contribution in [0, 0.1) is 5.82 Å². The second kappa shape index (κ2) is 9.40. The minimum atomic E-state index is -4.06. The number of hydrogen-bond donors (Lipinski definition) is 2. The summed E-state index contributed by atoms with van der Waals surface area (Å²) in [5, 5.41) is 2.97. The SMILES string of the molecule is O=C(NCC1CCCN1c1ccccc1)c1ccc(NS(=O)(=O)c2ccccc2F)cc1. The predicted octanol–water partition coefficient (Wildman–Crippen LogP) is 4.03. The molecule has 1 aliphatic rings. The summed E-state index contributed by atoms with van der Waals surface area (Å²) in [6.45, 7) is 1.48. The van der Waals surface area contributed by atoms with Crippen LogP contribution in [0.1, 0.15) is 23.2 Å². The van der Waals surface area contributed by atoms with Gasteiger partial charge in [0.2, 0.25) is 0 Å². The number of anilines is 2. The largest absolute Gasteiger partial charge is 0.367 e. The topological polar surface area (TPSA) is 78.5 Å². The molecular formula is C24H24FN3O3S. The highest BCUT2D eigenvalue weighted by atomic mass is 32.2. The molecule has 1 saturated heterocycles. The van der Waals surface area contributed by atoms with Crippen LogP contribution in [0.2, 0.25) is 0 Å². The number of rotatable bonds is 7. The van der Waals surface area contributed by atoms with Gasteiger partial charge in [0.1, 0.15) is 10.7 Å². The third kappa shape index (κ3) is 4.91. The molecule has 166 valence electrons. The molecule has 4 rings (SSSR count). The Labute approximate surface area is 187 Å². The van der Waals surface area contributed by atoms with Crippen LogP contribution in [0.3, 0.4) is 0 Å². The van der Waals surface area contributed by atoms with Gasteiger partial charge in [0.05, 0.1) is 0 Å². The van der Waals surface area contributed by atoms with Gasteiger partial charge in [-0.3, -0.25) is 9.52 Å². The number of para-hydroxylation sites is 1. The number of carbonyl (C=O) groups is 1. The van der Waals surface area contributed by atoms with Gasteiger partial charge >= 0.3 is 0 Å². The van der Waals surface area contributed by atoms with E-state index in [9.17, 15) is 17.6 Å². The summed E-state index contributed by atoms with van der Waals surface area (Å²) in [4.78, 5) is 14.5. The zero-order valence-corrected chi connectivity index (χ0v) is 18.2. The first-order valence-electron chi connectivity index (χ1n) is 10.4. The third-order valence-electron chi connectivity index (χ3n) is 5.49. The Hall–Kier alpha value is -3.39. The fourth-order valence-electron chi connectivity index (χ4n) is 3.88. The average molecular weight is 454 g/mol. The van der Waals surface area contributed by atoms with Crippen LogP contribution in [0.25, 0.3) is 0 Å². The van der Waals surface area contributed by atoms with E-state index in [0.29, 0.717) is 12.1 Å². The van der Waals surface area contributed by atoms with Crippen molar-refractivity contribution in [3.05, 3.63) is 90.2 Å². The van der Waals surface area contributed by atoms with Crippen molar-refractivity contribution in [2.75, 3.05) is 22.7 Å². The van der Waals surface area contributed by atoms with E-state index >= 15 is 0 Å². The van der Waals surface area contributed by atoms with Crippen molar-refractivity contribution in [3.63, 3.8) is 0 Å². The molecule has 1 amide bonds. The number of benzene rings is 3. The Morgan fingerprint density at radius 1 is 0.969 bits per heavy atom. The predicted molar refractivity (Wildman–Crippen MR) is 123 cm³/mol. The van der Waals surface area contributed by atoms with Crippen molar-refractivity contribution in [2.24, 2.45) is 0 Å². The molecule has 1 heterocycles. The normalized spacial score (nSPS) is 16.0. The van der Waals surface area contributed by atoms with Gasteiger partial charge in [0, 0.05) is 36.1 Å². The smallest absolute Gasteiger partial charge is 0.264 e. The van der Waals surface area contributed by atoms with Gasteiger partial charge in [-0.2, -0.15) is 0 Å². The standard InChI is InChI=1S/C24H24FN3O3S/c25-22-10-4-5-11-23(22)32(30,31)27-19-14-12-18(13-15-19)24(29)26-17-21-9-6-16-28(21)20-7-2-1-3-8-20/h1-5,7-8,10-15,21,27H,6,9,16-17H2,(H,26,29). The lowest BCUT2D eigenvalue weighted by molar-refractivity contribution is 0.0951. The van der Waals surface area contributed by atoms with Crippen molar-refractivity contribution in [1.29, 1.82) is 0 Å². The lowest BCUT2D eigenvalue weighted by atomic mass is 10.1. The van der Waals surface area contributed by atoms with E-state index in [1.807, 2.05) is 18.2 Å². The molecule has 8 heteroatoms. The van der Waals surface area contributed by atoms with Crippen molar-refractivity contribution < 1.29 is 17.6 Å². The highest BCUT2D eigenvalue weighted by molar-refractivity contribution is 7.92. The Balaban J connectivity index is 1.37. The molecule has 6 nitrogen and oxygen atoms in total. The number of nitrogens with zero attached hydrogens (tertiary/aromatic N) is 1. The van der Waals surface area contributed by atoms with Gasteiger partial charge in [-0.1, -0.05) is 30.3 Å². The van der Waals surface area contributed by atoms with E-state index in [4.69, 9.17) is 0 Å². The Morgan fingerprint density at radius 3 is 2.38 bits per heavy atom. The number of carbonyl (C=O) groups excluding carboxylic acids is 1. The molecular weight excluding hydrogens is 429 g/mol. The van der Waals surface area contributed by atoms with Crippen LogP contribution in [0.15, 0.2) is 83.8 Å². The van der Waals surface area contributed by atoms with Crippen LogP contribution in [-0.4, -0.2) is 33.5 Å². The summed E-state index contributed by atoms with van der Waals surface area (Å²) < 4.78 is 41.0. The fourth-order valence-corrected chi connectivity index (χ4v) is 5.02. The summed E-state index contributed by atoms with van der Waals surface area (Å²) in [5.74, 6) is -1.05. The van der Waals surface area contributed by atoms with Crippen molar-refractivity contribution in [1.82, 2.24) is 5.32 Å². The molecule has 0 saturated carbocycles. The van der Waals surface area contributed by atoms with Crippen molar-refractivity contribution in [3.8, 4) is 0 Å². The van der Waals surface area contributed by atoms with E-state index < -0.39 is 20.7 Å². The number of sulfonamides is 1. The minimum absolute atomic E-state index is 0.228. The van der Waals surface area contributed by atoms with E-state index in [1.54, 1.807) is 0 Å². The summed E-state index contributed by atoms with van der Waals surface area (Å²) in [7, 11) is -4.06. The van der Waals surface area contributed by atoms with E-state index in [2.05, 4.69) is 27.1 Å². The molecule has 3 aromatic rings. The van der Waals surface area contributed by atoms with Gasteiger partial charge in [-0.25, -0.2) is 12.8 Å². The second-order valence-corrected chi connectivity index (χ2v) is 9.30. The van der Waals surface area contributed by atoms with Gasteiger partial charge in [-0.15, -0.1) is 0 Å². The quantitative estimate of drug-likeness (QED) is 0.566. The van der Waals surface area contributed by atoms with Crippen LogP contribution in [0.4, 0.5) is 15.8 Å². The second-order valence-electron chi connectivity index (χ2n) is 7.65. The summed E-state index contributed by atoms with van der Waals surface area (Å²) in [5.41, 5.74) is 1.81. The molecule has 1 fully saturated rings. The van der Waals surface area contributed by atoms with Crippen LogP contribution >= 0.6 is 0 Å². The maximum Gasteiger partial charge on any atom is 0.264 e. The molecule has 1 unspecified atom stereocenters. The van der Waals surface area contributed by atoms with Crippen LogP contribution < -0.4 is 14.9 Å². The first kappa shape index (κ1) is 21.8. The Kier molecular flexibility index (Phi) is 6.41.